The zero-order valence-corrected chi connectivity index (χ0v) is 14.5. The van der Waals surface area contributed by atoms with Crippen molar-refractivity contribution in [3.63, 3.8) is 0 Å². The lowest BCUT2D eigenvalue weighted by molar-refractivity contribution is 0.0697. The number of nitrogens with zero attached hydrogens (tertiary/aromatic N) is 7. The summed E-state index contributed by atoms with van der Waals surface area (Å²) in [7, 11) is 0. The highest BCUT2D eigenvalue weighted by Gasteiger charge is 2.34. The SMILES string of the molecule is CC1c2cnc(-c3ncccn3)nc2CN1C(=O)c1cnc2ccccn12. The number of hydrogen-bond acceptors (Lipinski definition) is 6. The predicted molar refractivity (Wildman–Crippen MR) is 96.5 cm³/mol. The average molecular weight is 357 g/mol. The number of hydrogen-bond donors (Lipinski definition) is 0. The number of carbonyl (C=O) groups excluding carboxylic acids is 1. The normalized spacial score (nSPS) is 15.9. The Morgan fingerprint density at radius 2 is 1.89 bits per heavy atom. The number of carbonyl (C=O) groups is 1. The summed E-state index contributed by atoms with van der Waals surface area (Å²) in [6, 6.07) is 7.28. The highest BCUT2D eigenvalue weighted by atomic mass is 16.2. The quantitative estimate of drug-likeness (QED) is 0.547. The van der Waals surface area contributed by atoms with Gasteiger partial charge in [0.05, 0.1) is 24.5 Å². The summed E-state index contributed by atoms with van der Waals surface area (Å²) in [6.07, 6.45) is 8.53. The van der Waals surface area contributed by atoms with Crippen LogP contribution in [-0.4, -0.2) is 40.1 Å². The molecule has 5 rings (SSSR count). The number of fused-ring (bicyclic) bond motifs is 2. The van der Waals surface area contributed by atoms with Crippen LogP contribution in [0.2, 0.25) is 0 Å². The maximum Gasteiger partial charge on any atom is 0.273 e. The number of amides is 1. The number of imidazole rings is 1. The smallest absolute Gasteiger partial charge is 0.273 e. The fourth-order valence-corrected chi connectivity index (χ4v) is 3.38. The number of aromatic nitrogens is 6. The molecule has 8 nitrogen and oxygen atoms in total. The molecule has 8 heteroatoms. The Bertz CT molecular complexity index is 1160. The molecule has 1 aliphatic heterocycles. The lowest BCUT2D eigenvalue weighted by Crippen LogP contribution is -2.29. The van der Waals surface area contributed by atoms with Gasteiger partial charge in [-0.1, -0.05) is 6.07 Å². The van der Waals surface area contributed by atoms with Crippen LogP contribution in [0.1, 0.15) is 34.7 Å². The minimum Gasteiger partial charge on any atom is -0.325 e. The van der Waals surface area contributed by atoms with Crippen LogP contribution in [0, 0.1) is 0 Å². The molecule has 4 aromatic rings. The molecule has 0 bridgehead atoms. The first-order chi connectivity index (χ1) is 13.2. The minimum atomic E-state index is -0.118. The number of pyridine rings is 1. The van der Waals surface area contributed by atoms with E-state index in [1.165, 1.54) is 0 Å². The predicted octanol–water partition coefficient (Wildman–Crippen LogP) is 2.30. The zero-order valence-electron chi connectivity index (χ0n) is 14.5. The molecule has 0 fully saturated rings. The molecule has 0 aliphatic carbocycles. The Balaban J connectivity index is 1.49. The Kier molecular flexibility index (Phi) is 3.43. The second-order valence-corrected chi connectivity index (χ2v) is 6.35. The molecule has 0 aromatic carbocycles. The van der Waals surface area contributed by atoms with E-state index in [4.69, 9.17) is 0 Å². The Hall–Kier alpha value is -3.68. The van der Waals surface area contributed by atoms with Crippen LogP contribution >= 0.6 is 0 Å². The van der Waals surface area contributed by atoms with E-state index in [0.29, 0.717) is 23.9 Å². The molecule has 132 valence electrons. The maximum atomic E-state index is 13.1. The molecule has 0 saturated carbocycles. The first kappa shape index (κ1) is 15.6. The summed E-state index contributed by atoms with van der Waals surface area (Å²) in [4.78, 5) is 36.6. The van der Waals surface area contributed by atoms with Gasteiger partial charge in [0, 0.05) is 30.4 Å². The van der Waals surface area contributed by atoms with Crippen molar-refractivity contribution >= 4 is 11.6 Å². The van der Waals surface area contributed by atoms with Gasteiger partial charge in [0.1, 0.15) is 11.3 Å². The van der Waals surface area contributed by atoms with E-state index in [1.54, 1.807) is 40.2 Å². The third kappa shape index (κ3) is 2.45. The van der Waals surface area contributed by atoms with Gasteiger partial charge in [0.2, 0.25) is 0 Å². The van der Waals surface area contributed by atoms with E-state index in [0.717, 1.165) is 16.9 Å². The summed E-state index contributed by atoms with van der Waals surface area (Å²) < 4.78 is 1.80. The van der Waals surface area contributed by atoms with Crippen LogP contribution in [0.5, 0.6) is 0 Å². The van der Waals surface area contributed by atoms with Gasteiger partial charge in [0.25, 0.3) is 5.91 Å². The molecule has 0 saturated heterocycles. The largest absolute Gasteiger partial charge is 0.325 e. The van der Waals surface area contributed by atoms with Gasteiger partial charge in [-0.05, 0) is 25.1 Å². The summed E-state index contributed by atoms with van der Waals surface area (Å²) >= 11 is 0. The molecule has 0 N–H and O–H groups in total. The molecule has 1 aliphatic rings. The van der Waals surface area contributed by atoms with Gasteiger partial charge in [0.15, 0.2) is 11.6 Å². The van der Waals surface area contributed by atoms with Crippen molar-refractivity contribution in [3.8, 4) is 11.6 Å². The minimum absolute atomic E-state index is 0.0864. The van der Waals surface area contributed by atoms with Gasteiger partial charge in [-0.15, -0.1) is 0 Å². The molecular weight excluding hydrogens is 342 g/mol. The molecule has 1 unspecified atom stereocenters. The number of rotatable bonds is 2. The van der Waals surface area contributed by atoms with Gasteiger partial charge >= 0.3 is 0 Å². The first-order valence-electron chi connectivity index (χ1n) is 8.58. The van der Waals surface area contributed by atoms with Crippen LogP contribution in [0.4, 0.5) is 0 Å². The lowest BCUT2D eigenvalue weighted by atomic mass is 10.1. The fourth-order valence-electron chi connectivity index (χ4n) is 3.38. The monoisotopic (exact) mass is 357 g/mol. The average Bonchev–Trinajstić information content (AvgIpc) is 3.29. The van der Waals surface area contributed by atoms with Crippen molar-refractivity contribution in [2.45, 2.75) is 19.5 Å². The van der Waals surface area contributed by atoms with Crippen molar-refractivity contribution in [2.75, 3.05) is 0 Å². The van der Waals surface area contributed by atoms with Crippen molar-refractivity contribution in [1.29, 1.82) is 0 Å². The first-order valence-corrected chi connectivity index (χ1v) is 8.58. The standard InChI is InChI=1S/C19H15N7O/c1-12-13-9-23-18(17-20-6-4-7-21-17)24-14(13)11-26(12)19(27)15-10-22-16-5-2-3-8-25(15)16/h2-10,12H,11H2,1H3. The lowest BCUT2D eigenvalue weighted by Gasteiger charge is -2.21. The Morgan fingerprint density at radius 3 is 2.74 bits per heavy atom. The zero-order chi connectivity index (χ0) is 18.4. The highest BCUT2D eigenvalue weighted by Crippen LogP contribution is 2.33. The van der Waals surface area contributed by atoms with E-state index < -0.39 is 0 Å². The van der Waals surface area contributed by atoms with Crippen molar-refractivity contribution in [2.24, 2.45) is 0 Å². The molecule has 0 spiro atoms. The summed E-state index contributed by atoms with van der Waals surface area (Å²) in [5, 5.41) is 0. The summed E-state index contributed by atoms with van der Waals surface area (Å²) in [5.41, 5.74) is 3.04. The van der Waals surface area contributed by atoms with Gasteiger partial charge < -0.3 is 4.90 Å². The molecule has 1 atom stereocenters. The van der Waals surface area contributed by atoms with Crippen molar-refractivity contribution in [3.05, 3.63) is 72.2 Å². The molecular formula is C19H15N7O. The highest BCUT2D eigenvalue weighted by molar-refractivity contribution is 5.94. The van der Waals surface area contributed by atoms with E-state index in [2.05, 4.69) is 24.9 Å². The Labute approximate surface area is 154 Å². The third-order valence-corrected chi connectivity index (χ3v) is 4.80. The van der Waals surface area contributed by atoms with Gasteiger partial charge in [-0.2, -0.15) is 0 Å². The Morgan fingerprint density at radius 1 is 1.04 bits per heavy atom. The summed E-state index contributed by atoms with van der Waals surface area (Å²) in [5.74, 6) is 0.849. The molecule has 0 radical (unpaired) electrons. The van der Waals surface area contributed by atoms with E-state index in [-0.39, 0.29) is 11.9 Å². The van der Waals surface area contributed by atoms with Crippen LogP contribution in [0.25, 0.3) is 17.3 Å². The van der Waals surface area contributed by atoms with Crippen LogP contribution in [0.3, 0.4) is 0 Å². The maximum absolute atomic E-state index is 13.1. The fraction of sp³-hybridized carbons (Fsp3) is 0.158. The topological polar surface area (TPSA) is 89.2 Å². The van der Waals surface area contributed by atoms with Crippen LogP contribution < -0.4 is 0 Å². The third-order valence-electron chi connectivity index (χ3n) is 4.80. The summed E-state index contributed by atoms with van der Waals surface area (Å²) in [6.45, 7) is 2.40. The molecule has 27 heavy (non-hydrogen) atoms. The van der Waals surface area contributed by atoms with E-state index >= 15 is 0 Å². The van der Waals surface area contributed by atoms with Crippen LogP contribution in [0.15, 0.2) is 55.2 Å². The van der Waals surface area contributed by atoms with E-state index in [9.17, 15) is 4.79 Å². The molecule has 1 amide bonds. The van der Waals surface area contributed by atoms with E-state index in [1.807, 2.05) is 31.3 Å². The molecule has 4 aromatic heterocycles. The van der Waals surface area contributed by atoms with Crippen molar-refractivity contribution < 1.29 is 4.79 Å². The van der Waals surface area contributed by atoms with Gasteiger partial charge in [-0.25, -0.2) is 24.9 Å². The molecule has 5 heterocycles. The van der Waals surface area contributed by atoms with Crippen molar-refractivity contribution in [1.82, 2.24) is 34.2 Å². The second-order valence-electron chi connectivity index (χ2n) is 6.35. The van der Waals surface area contributed by atoms with Crippen LogP contribution in [-0.2, 0) is 6.54 Å². The second kappa shape index (κ2) is 5.94. The van der Waals surface area contributed by atoms with Gasteiger partial charge in [-0.3, -0.25) is 9.20 Å².